The van der Waals surface area contributed by atoms with Crippen LogP contribution in [-0.2, 0) is 0 Å². The molecule has 0 radical (unpaired) electrons. The van der Waals surface area contributed by atoms with E-state index in [4.69, 9.17) is 4.74 Å². The zero-order valence-electron chi connectivity index (χ0n) is 15.8. The number of hydrogen-bond acceptors (Lipinski definition) is 2. The minimum absolute atomic E-state index is 0.237. The van der Waals surface area contributed by atoms with Gasteiger partial charge in [-0.2, -0.15) is 0 Å². The second-order valence-electron chi connectivity index (χ2n) is 7.96. The highest BCUT2D eigenvalue weighted by atomic mass is 16.5. The summed E-state index contributed by atoms with van der Waals surface area (Å²) in [6.07, 6.45) is 8.91. The number of methoxy groups -OCH3 is 1. The first-order valence-corrected chi connectivity index (χ1v) is 10.1. The molecule has 5 heteroatoms. The molecular formula is C21H31N3O2+2. The molecule has 3 N–H and O–H groups in total. The fourth-order valence-electron chi connectivity index (χ4n) is 4.80. The zero-order valence-corrected chi connectivity index (χ0v) is 15.8. The predicted octanol–water partition coefficient (Wildman–Crippen LogP) is 0.475. The molecular weight excluding hydrogens is 326 g/mol. The molecule has 2 aromatic rings. The molecule has 1 aromatic heterocycles. The van der Waals surface area contributed by atoms with E-state index in [0.717, 1.165) is 41.3 Å². The van der Waals surface area contributed by atoms with E-state index in [1.54, 1.807) is 12.0 Å². The van der Waals surface area contributed by atoms with E-state index in [9.17, 15) is 4.79 Å². The molecule has 140 valence electrons. The van der Waals surface area contributed by atoms with Crippen LogP contribution < -0.4 is 14.5 Å². The van der Waals surface area contributed by atoms with Crippen molar-refractivity contribution >= 4 is 16.7 Å². The number of piperazine rings is 1. The average Bonchev–Trinajstić information content (AvgIpc) is 3.12. The van der Waals surface area contributed by atoms with Gasteiger partial charge in [0.1, 0.15) is 38.5 Å². The molecule has 2 heterocycles. The number of H-pyrrole nitrogens is 1. The van der Waals surface area contributed by atoms with Gasteiger partial charge in [0.15, 0.2) is 0 Å². The number of Topliss-reactive ketones (excluding diaryl/α,β-unsaturated/α-hetero) is 1. The Bertz CT molecular complexity index is 756. The second kappa shape index (κ2) is 7.80. The summed E-state index contributed by atoms with van der Waals surface area (Å²) in [4.78, 5) is 19.3. The van der Waals surface area contributed by atoms with Crippen molar-refractivity contribution in [1.29, 1.82) is 0 Å². The number of carbonyl (C=O) groups is 1. The summed E-state index contributed by atoms with van der Waals surface area (Å²) < 4.78 is 5.31. The van der Waals surface area contributed by atoms with Gasteiger partial charge in [-0.05, 0) is 43.9 Å². The van der Waals surface area contributed by atoms with Crippen molar-refractivity contribution < 1.29 is 19.3 Å². The number of quaternary nitrogens is 2. The Kier molecular flexibility index (Phi) is 5.27. The van der Waals surface area contributed by atoms with E-state index in [0.29, 0.717) is 6.54 Å². The first kappa shape index (κ1) is 17.6. The molecule has 1 saturated carbocycles. The maximum Gasteiger partial charge on any atom is 0.219 e. The molecule has 0 unspecified atom stereocenters. The molecule has 1 aliphatic carbocycles. The summed E-state index contributed by atoms with van der Waals surface area (Å²) in [5.41, 5.74) is 1.80. The van der Waals surface area contributed by atoms with Crippen LogP contribution in [0.3, 0.4) is 0 Å². The third kappa shape index (κ3) is 3.64. The number of rotatable bonds is 5. The minimum atomic E-state index is 0.237. The van der Waals surface area contributed by atoms with E-state index in [2.05, 4.69) is 4.98 Å². The highest BCUT2D eigenvalue weighted by molar-refractivity contribution is 6.08. The van der Waals surface area contributed by atoms with Crippen molar-refractivity contribution in [2.45, 2.75) is 38.1 Å². The molecule has 0 bridgehead atoms. The van der Waals surface area contributed by atoms with Crippen LogP contribution in [0, 0.1) is 0 Å². The van der Waals surface area contributed by atoms with Crippen LogP contribution in [0.1, 0.15) is 42.5 Å². The first-order valence-electron chi connectivity index (χ1n) is 10.1. The molecule has 1 aromatic carbocycles. The summed E-state index contributed by atoms with van der Waals surface area (Å²) in [5, 5.41) is 0.972. The molecule has 0 spiro atoms. The van der Waals surface area contributed by atoms with Gasteiger partial charge in [-0.3, -0.25) is 4.79 Å². The topological polar surface area (TPSA) is 51.0 Å². The number of nitrogens with one attached hydrogen (secondary N) is 3. The number of hydrogen-bond donors (Lipinski definition) is 3. The zero-order chi connectivity index (χ0) is 17.9. The second-order valence-corrected chi connectivity index (χ2v) is 7.96. The van der Waals surface area contributed by atoms with Crippen LogP contribution in [-0.4, -0.2) is 56.6 Å². The summed E-state index contributed by atoms with van der Waals surface area (Å²) in [5.74, 6) is 1.03. The molecule has 2 fully saturated rings. The van der Waals surface area contributed by atoms with Crippen LogP contribution in [0.2, 0.25) is 0 Å². The van der Waals surface area contributed by atoms with Crippen LogP contribution in [0.4, 0.5) is 0 Å². The number of aromatic amines is 1. The lowest BCUT2D eigenvalue weighted by Crippen LogP contribution is -3.30. The van der Waals surface area contributed by atoms with Crippen LogP contribution in [0.5, 0.6) is 5.75 Å². The SMILES string of the molecule is COc1ccc2[nH]cc(C(=O)C[NH+]3CC[NH+](C4CCCCC4)CC3)c2c1. The van der Waals surface area contributed by atoms with Crippen molar-refractivity contribution in [2.24, 2.45) is 0 Å². The molecule has 1 saturated heterocycles. The Morgan fingerprint density at radius 2 is 1.92 bits per heavy atom. The summed E-state index contributed by atoms with van der Waals surface area (Å²) in [6.45, 7) is 5.26. The average molecular weight is 357 g/mol. The number of ether oxygens (including phenoxy) is 1. The van der Waals surface area contributed by atoms with Crippen LogP contribution in [0.15, 0.2) is 24.4 Å². The molecule has 0 amide bonds. The lowest BCUT2D eigenvalue weighted by molar-refractivity contribution is -1.02. The number of benzene rings is 1. The lowest BCUT2D eigenvalue weighted by Gasteiger charge is -2.36. The number of fused-ring (bicyclic) bond motifs is 1. The predicted molar refractivity (Wildman–Crippen MR) is 102 cm³/mol. The molecule has 2 aliphatic rings. The third-order valence-corrected chi connectivity index (χ3v) is 6.38. The Morgan fingerprint density at radius 1 is 1.15 bits per heavy atom. The van der Waals surface area contributed by atoms with Gasteiger partial charge >= 0.3 is 0 Å². The van der Waals surface area contributed by atoms with E-state index in [1.165, 1.54) is 50.1 Å². The highest BCUT2D eigenvalue weighted by Crippen LogP contribution is 2.23. The molecule has 26 heavy (non-hydrogen) atoms. The number of ketones is 1. The van der Waals surface area contributed by atoms with E-state index >= 15 is 0 Å². The fourth-order valence-corrected chi connectivity index (χ4v) is 4.80. The van der Waals surface area contributed by atoms with Gasteiger partial charge in [0.25, 0.3) is 0 Å². The lowest BCUT2D eigenvalue weighted by atomic mass is 9.94. The Labute approximate surface area is 155 Å². The van der Waals surface area contributed by atoms with Crippen LogP contribution >= 0.6 is 0 Å². The molecule has 1 aliphatic heterocycles. The van der Waals surface area contributed by atoms with Gasteiger partial charge in [0, 0.05) is 22.7 Å². The van der Waals surface area contributed by atoms with E-state index in [1.807, 2.05) is 24.4 Å². The van der Waals surface area contributed by atoms with Crippen molar-refractivity contribution in [3.63, 3.8) is 0 Å². The summed E-state index contributed by atoms with van der Waals surface area (Å²) >= 11 is 0. The quantitative estimate of drug-likeness (QED) is 0.682. The van der Waals surface area contributed by atoms with Gasteiger partial charge in [0.05, 0.1) is 13.2 Å². The van der Waals surface area contributed by atoms with Gasteiger partial charge < -0.3 is 19.5 Å². The largest absolute Gasteiger partial charge is 0.497 e. The fraction of sp³-hybridized carbons (Fsp3) is 0.571. The number of carbonyl (C=O) groups excluding carboxylic acids is 1. The van der Waals surface area contributed by atoms with Gasteiger partial charge in [-0.1, -0.05) is 6.42 Å². The van der Waals surface area contributed by atoms with E-state index < -0.39 is 0 Å². The maximum absolute atomic E-state index is 12.9. The van der Waals surface area contributed by atoms with Crippen molar-refractivity contribution in [3.8, 4) is 5.75 Å². The van der Waals surface area contributed by atoms with E-state index in [-0.39, 0.29) is 5.78 Å². The normalized spacial score (nSPS) is 24.7. The maximum atomic E-state index is 12.9. The highest BCUT2D eigenvalue weighted by Gasteiger charge is 2.31. The summed E-state index contributed by atoms with van der Waals surface area (Å²) in [7, 11) is 1.66. The standard InChI is InChI=1S/C21H29N3O2/c1-26-17-7-8-20-18(13-17)19(14-22-20)21(25)15-23-9-11-24(12-10-23)16-5-3-2-4-6-16/h7-8,13-14,16,22H,2-6,9-12,15H2,1H3/p+2. The monoisotopic (exact) mass is 357 g/mol. The van der Waals surface area contributed by atoms with Gasteiger partial charge in [-0.25, -0.2) is 0 Å². The smallest absolute Gasteiger partial charge is 0.219 e. The Hall–Kier alpha value is -1.85. The van der Waals surface area contributed by atoms with Crippen molar-refractivity contribution in [3.05, 3.63) is 30.0 Å². The van der Waals surface area contributed by atoms with Crippen LogP contribution in [0.25, 0.3) is 10.9 Å². The minimum Gasteiger partial charge on any atom is -0.497 e. The van der Waals surface area contributed by atoms with Crippen molar-refractivity contribution in [2.75, 3.05) is 39.8 Å². The molecule has 4 rings (SSSR count). The molecule has 5 nitrogen and oxygen atoms in total. The Balaban J connectivity index is 1.37. The van der Waals surface area contributed by atoms with Gasteiger partial charge in [-0.15, -0.1) is 0 Å². The van der Waals surface area contributed by atoms with Gasteiger partial charge in [0.2, 0.25) is 5.78 Å². The Morgan fingerprint density at radius 3 is 2.65 bits per heavy atom. The summed E-state index contributed by atoms with van der Waals surface area (Å²) in [6, 6.07) is 6.73. The third-order valence-electron chi connectivity index (χ3n) is 6.38. The molecule has 0 atom stereocenters. The van der Waals surface area contributed by atoms with Crippen molar-refractivity contribution in [1.82, 2.24) is 4.98 Å². The number of aromatic nitrogens is 1. The first-order chi connectivity index (χ1) is 12.7.